The highest BCUT2D eigenvalue weighted by atomic mass is 35.5. The molecule has 0 saturated heterocycles. The Morgan fingerprint density at radius 1 is 0.973 bits per heavy atom. The van der Waals surface area contributed by atoms with E-state index in [9.17, 15) is 4.79 Å². The van der Waals surface area contributed by atoms with Crippen LogP contribution >= 0.6 is 23.4 Å². The van der Waals surface area contributed by atoms with Crippen LogP contribution in [0.3, 0.4) is 0 Å². The number of carbonyl (C=O) groups is 1. The van der Waals surface area contributed by atoms with Crippen molar-refractivity contribution in [3.63, 3.8) is 0 Å². The molecule has 0 bridgehead atoms. The average molecular weight is 536 g/mol. The zero-order valence-electron chi connectivity index (χ0n) is 21.1. The number of anilines is 2. The molecule has 1 aromatic heterocycles. The van der Waals surface area contributed by atoms with Crippen LogP contribution in [0.2, 0.25) is 5.02 Å². The number of benzene rings is 3. The lowest BCUT2D eigenvalue weighted by atomic mass is 10.2. The molecule has 0 aliphatic heterocycles. The fourth-order valence-corrected chi connectivity index (χ4v) is 4.69. The highest BCUT2D eigenvalue weighted by Crippen LogP contribution is 2.25. The van der Waals surface area contributed by atoms with Crippen LogP contribution in [0.15, 0.2) is 78.0 Å². The molecule has 0 saturated carbocycles. The minimum absolute atomic E-state index is 0.122. The lowest BCUT2D eigenvalue weighted by Gasteiger charge is -2.21. The van der Waals surface area contributed by atoms with Gasteiger partial charge in [-0.15, -0.1) is 10.2 Å². The van der Waals surface area contributed by atoms with E-state index in [1.165, 1.54) is 11.8 Å². The molecule has 37 heavy (non-hydrogen) atoms. The van der Waals surface area contributed by atoms with Crippen molar-refractivity contribution in [2.75, 3.05) is 29.1 Å². The quantitative estimate of drug-likeness (QED) is 0.224. The van der Waals surface area contributed by atoms with Crippen molar-refractivity contribution in [3.8, 4) is 11.4 Å². The first-order valence-electron chi connectivity index (χ1n) is 12.1. The molecule has 9 heteroatoms. The number of aryl methyl sites for hydroxylation is 1. The number of amides is 1. The van der Waals surface area contributed by atoms with Gasteiger partial charge < -0.3 is 15.0 Å². The third-order valence-corrected chi connectivity index (χ3v) is 6.97. The molecule has 0 unspecified atom stereocenters. The maximum absolute atomic E-state index is 12.7. The van der Waals surface area contributed by atoms with Gasteiger partial charge in [0.15, 0.2) is 11.0 Å². The summed E-state index contributed by atoms with van der Waals surface area (Å²) in [6, 6.07) is 23.1. The average Bonchev–Trinajstić information content (AvgIpc) is 3.32. The fourth-order valence-electron chi connectivity index (χ4n) is 3.79. The van der Waals surface area contributed by atoms with Crippen molar-refractivity contribution in [1.29, 1.82) is 0 Å². The second-order valence-electron chi connectivity index (χ2n) is 8.37. The van der Waals surface area contributed by atoms with Gasteiger partial charge in [-0.25, -0.2) is 0 Å². The summed E-state index contributed by atoms with van der Waals surface area (Å²) in [6.07, 6.45) is 0. The Bertz CT molecular complexity index is 1300. The van der Waals surface area contributed by atoms with E-state index in [-0.39, 0.29) is 18.3 Å². The minimum Gasteiger partial charge on any atom is -0.486 e. The number of hydrogen-bond acceptors (Lipinski definition) is 6. The Hall–Kier alpha value is -3.49. The summed E-state index contributed by atoms with van der Waals surface area (Å²) in [5.74, 6) is 1.43. The third kappa shape index (κ3) is 7.05. The number of ether oxygens (including phenoxy) is 1. The zero-order chi connectivity index (χ0) is 26.2. The predicted octanol–water partition coefficient (Wildman–Crippen LogP) is 6.39. The number of nitrogens with one attached hydrogen (secondary N) is 1. The first-order chi connectivity index (χ1) is 18.0. The molecule has 0 atom stereocenters. The molecule has 0 aliphatic rings. The molecule has 0 radical (unpaired) electrons. The number of rotatable bonds is 11. The van der Waals surface area contributed by atoms with Crippen molar-refractivity contribution in [2.24, 2.45) is 0 Å². The van der Waals surface area contributed by atoms with Crippen molar-refractivity contribution in [1.82, 2.24) is 14.8 Å². The number of thioether (sulfide) groups is 1. The Balaban J connectivity index is 1.45. The molecule has 1 N–H and O–H groups in total. The molecule has 7 nitrogen and oxygen atoms in total. The van der Waals surface area contributed by atoms with Crippen LogP contribution in [0, 0.1) is 6.92 Å². The second-order valence-corrected chi connectivity index (χ2v) is 9.75. The lowest BCUT2D eigenvalue weighted by Crippen LogP contribution is -2.21. The fraction of sp³-hybridized carbons (Fsp3) is 0.250. The summed E-state index contributed by atoms with van der Waals surface area (Å²) in [6.45, 7) is 8.38. The number of halogens is 1. The molecule has 192 valence electrons. The normalized spacial score (nSPS) is 10.8. The van der Waals surface area contributed by atoms with E-state index in [2.05, 4.69) is 34.3 Å². The standard InChI is InChI=1S/C28H30ClN5O2S/c1-4-33(5-2)23-14-10-22(11-15-23)30-27(35)19-37-28-32-31-26(18-36-25-16-6-20(3)7-17-25)34(28)24-12-8-21(29)9-13-24/h6-17H,4-5,18-19H2,1-3H3,(H,30,35). The predicted molar refractivity (Wildman–Crippen MR) is 151 cm³/mol. The van der Waals surface area contributed by atoms with Crippen LogP contribution in [-0.4, -0.2) is 39.5 Å². The van der Waals surface area contributed by atoms with Crippen LogP contribution in [0.5, 0.6) is 5.75 Å². The molecule has 0 spiro atoms. The topological polar surface area (TPSA) is 72.3 Å². The smallest absolute Gasteiger partial charge is 0.234 e. The van der Waals surface area contributed by atoms with E-state index >= 15 is 0 Å². The van der Waals surface area contributed by atoms with Gasteiger partial charge >= 0.3 is 0 Å². The van der Waals surface area contributed by atoms with Gasteiger partial charge in [0.1, 0.15) is 12.4 Å². The lowest BCUT2D eigenvalue weighted by molar-refractivity contribution is -0.113. The Labute approximate surface area is 226 Å². The summed E-state index contributed by atoms with van der Waals surface area (Å²) in [5.41, 5.74) is 3.89. The van der Waals surface area contributed by atoms with E-state index in [1.807, 2.05) is 84.3 Å². The van der Waals surface area contributed by atoms with Crippen LogP contribution in [0.4, 0.5) is 11.4 Å². The second kappa shape index (κ2) is 12.7. The summed E-state index contributed by atoms with van der Waals surface area (Å²) in [7, 11) is 0. The van der Waals surface area contributed by atoms with Crippen LogP contribution in [0.1, 0.15) is 25.2 Å². The van der Waals surface area contributed by atoms with Gasteiger partial charge in [0.2, 0.25) is 5.91 Å². The van der Waals surface area contributed by atoms with Crippen molar-refractivity contribution < 1.29 is 9.53 Å². The van der Waals surface area contributed by atoms with Crippen LogP contribution in [0.25, 0.3) is 5.69 Å². The number of carbonyl (C=O) groups excluding carboxylic acids is 1. The first-order valence-corrected chi connectivity index (χ1v) is 13.5. The number of hydrogen-bond donors (Lipinski definition) is 1. The molecule has 1 heterocycles. The monoisotopic (exact) mass is 535 g/mol. The van der Waals surface area contributed by atoms with Gasteiger partial charge in [-0.05, 0) is 81.4 Å². The van der Waals surface area contributed by atoms with E-state index in [0.29, 0.717) is 16.0 Å². The molecular formula is C28H30ClN5O2S. The van der Waals surface area contributed by atoms with Gasteiger partial charge in [0.25, 0.3) is 0 Å². The summed E-state index contributed by atoms with van der Waals surface area (Å²) in [4.78, 5) is 15.0. The molecule has 0 aliphatic carbocycles. The van der Waals surface area contributed by atoms with E-state index < -0.39 is 0 Å². The van der Waals surface area contributed by atoms with Gasteiger partial charge in [0, 0.05) is 35.2 Å². The minimum atomic E-state index is -0.122. The van der Waals surface area contributed by atoms with Gasteiger partial charge in [0.05, 0.1) is 5.75 Å². The zero-order valence-corrected chi connectivity index (χ0v) is 22.7. The van der Waals surface area contributed by atoms with Gasteiger partial charge in [-0.1, -0.05) is 41.1 Å². The molecule has 3 aromatic carbocycles. The Kier molecular flexibility index (Phi) is 9.09. The van der Waals surface area contributed by atoms with E-state index in [4.69, 9.17) is 16.3 Å². The van der Waals surface area contributed by atoms with E-state index in [0.717, 1.165) is 41.5 Å². The Morgan fingerprint density at radius 2 is 1.65 bits per heavy atom. The highest BCUT2D eigenvalue weighted by Gasteiger charge is 2.17. The van der Waals surface area contributed by atoms with Crippen molar-refractivity contribution >= 4 is 40.6 Å². The molecule has 1 amide bonds. The number of aromatic nitrogens is 3. The molecule has 4 rings (SSSR count). The summed E-state index contributed by atoms with van der Waals surface area (Å²) in [5, 5.41) is 12.9. The summed E-state index contributed by atoms with van der Waals surface area (Å²) < 4.78 is 7.84. The van der Waals surface area contributed by atoms with Crippen molar-refractivity contribution in [3.05, 3.63) is 89.2 Å². The largest absolute Gasteiger partial charge is 0.486 e. The number of nitrogens with zero attached hydrogens (tertiary/aromatic N) is 4. The van der Waals surface area contributed by atoms with Gasteiger partial charge in [-0.3, -0.25) is 9.36 Å². The highest BCUT2D eigenvalue weighted by molar-refractivity contribution is 7.99. The third-order valence-electron chi connectivity index (χ3n) is 5.79. The van der Waals surface area contributed by atoms with Gasteiger partial charge in [-0.2, -0.15) is 0 Å². The van der Waals surface area contributed by atoms with Crippen LogP contribution in [-0.2, 0) is 11.4 Å². The van der Waals surface area contributed by atoms with Crippen molar-refractivity contribution in [2.45, 2.75) is 32.5 Å². The van der Waals surface area contributed by atoms with Crippen LogP contribution < -0.4 is 15.0 Å². The SMILES string of the molecule is CCN(CC)c1ccc(NC(=O)CSc2nnc(COc3ccc(C)cc3)n2-c2ccc(Cl)cc2)cc1. The Morgan fingerprint density at radius 3 is 2.30 bits per heavy atom. The summed E-state index contributed by atoms with van der Waals surface area (Å²) >= 11 is 7.42. The molecule has 4 aromatic rings. The first kappa shape index (κ1) is 26.6. The maximum atomic E-state index is 12.7. The maximum Gasteiger partial charge on any atom is 0.234 e. The molecular weight excluding hydrogens is 506 g/mol. The molecule has 0 fully saturated rings. The van der Waals surface area contributed by atoms with E-state index in [1.54, 1.807) is 0 Å².